The maximum atomic E-state index is 14.0. The standard InChI is InChI=1S/C17H10F7N3O2S/c18-15(19,16(20,21)22)17(23,24)30-14-25-11-6-2-4-8-13(11)26(14)9-10-5-1-3-7-12(10)27(28)29/h1-8H,9H2. The number of rotatable bonds is 6. The molecule has 0 aliphatic heterocycles. The van der Waals surface area contributed by atoms with Crippen LogP contribution in [0.2, 0.25) is 0 Å². The van der Waals surface area contributed by atoms with Crippen LogP contribution in [0.15, 0.2) is 53.7 Å². The first kappa shape index (κ1) is 21.9. The Balaban J connectivity index is 2.10. The summed E-state index contributed by atoms with van der Waals surface area (Å²) in [6.45, 7) is -0.451. The predicted octanol–water partition coefficient (Wildman–Crippen LogP) is 5.88. The van der Waals surface area contributed by atoms with Crippen LogP contribution in [0.4, 0.5) is 36.4 Å². The third kappa shape index (κ3) is 3.80. The number of alkyl halides is 7. The van der Waals surface area contributed by atoms with Gasteiger partial charge in [-0.25, -0.2) is 4.98 Å². The molecule has 160 valence electrons. The molecule has 0 N–H and O–H groups in total. The van der Waals surface area contributed by atoms with Gasteiger partial charge in [0.15, 0.2) is 5.16 Å². The quantitative estimate of drug-likeness (QED) is 0.203. The average molecular weight is 453 g/mol. The lowest BCUT2D eigenvalue weighted by molar-refractivity contribution is -0.385. The highest BCUT2D eigenvalue weighted by atomic mass is 32.2. The van der Waals surface area contributed by atoms with Crippen molar-refractivity contribution in [1.82, 2.24) is 9.55 Å². The molecule has 0 saturated carbocycles. The predicted molar refractivity (Wildman–Crippen MR) is 93.7 cm³/mol. The van der Waals surface area contributed by atoms with Crippen molar-refractivity contribution in [3.8, 4) is 0 Å². The smallest absolute Gasteiger partial charge is 0.314 e. The van der Waals surface area contributed by atoms with Gasteiger partial charge in [0.1, 0.15) is 0 Å². The Hall–Kier alpha value is -2.83. The normalized spacial score (nSPS) is 13.0. The molecule has 0 radical (unpaired) electrons. The van der Waals surface area contributed by atoms with Gasteiger partial charge in [-0.2, -0.15) is 30.7 Å². The van der Waals surface area contributed by atoms with Crippen LogP contribution in [0.3, 0.4) is 0 Å². The molecule has 0 amide bonds. The number of aromatic nitrogens is 2. The Morgan fingerprint density at radius 3 is 2.20 bits per heavy atom. The largest absolute Gasteiger partial charge is 0.460 e. The second-order valence-corrected chi connectivity index (χ2v) is 7.13. The zero-order chi connectivity index (χ0) is 22.3. The summed E-state index contributed by atoms with van der Waals surface area (Å²) in [7, 11) is 0. The van der Waals surface area contributed by atoms with Crippen LogP contribution in [0.25, 0.3) is 11.0 Å². The van der Waals surface area contributed by atoms with Crippen LogP contribution >= 0.6 is 11.8 Å². The minimum Gasteiger partial charge on any atom is -0.314 e. The van der Waals surface area contributed by atoms with Crippen LogP contribution in [0.1, 0.15) is 5.56 Å². The third-order valence-electron chi connectivity index (χ3n) is 4.08. The van der Waals surface area contributed by atoms with E-state index in [4.69, 9.17) is 0 Å². The number of halogens is 7. The van der Waals surface area contributed by atoms with Crippen molar-refractivity contribution in [3.63, 3.8) is 0 Å². The maximum absolute atomic E-state index is 14.0. The number of nitro groups is 1. The van der Waals surface area contributed by atoms with Crippen LogP contribution < -0.4 is 0 Å². The van der Waals surface area contributed by atoms with E-state index >= 15 is 0 Å². The fourth-order valence-electron chi connectivity index (χ4n) is 2.62. The second-order valence-electron chi connectivity index (χ2n) is 6.05. The van der Waals surface area contributed by atoms with Gasteiger partial charge in [0.05, 0.1) is 22.5 Å². The van der Waals surface area contributed by atoms with Crippen molar-refractivity contribution in [2.24, 2.45) is 0 Å². The minimum absolute atomic E-state index is 0.0263. The van der Waals surface area contributed by atoms with E-state index in [2.05, 4.69) is 4.98 Å². The van der Waals surface area contributed by atoms with Crippen molar-refractivity contribution < 1.29 is 35.7 Å². The molecule has 0 unspecified atom stereocenters. The molecule has 1 aromatic heterocycles. The fourth-order valence-corrected chi connectivity index (χ4v) is 3.51. The number of thioether (sulfide) groups is 1. The zero-order valence-electron chi connectivity index (χ0n) is 14.5. The summed E-state index contributed by atoms with van der Waals surface area (Å²) < 4.78 is 93.0. The molecule has 0 fully saturated rings. The first-order valence-corrected chi connectivity index (χ1v) is 8.86. The van der Waals surface area contributed by atoms with Crippen LogP contribution in [-0.2, 0) is 6.54 Å². The molecule has 2 aromatic carbocycles. The van der Waals surface area contributed by atoms with E-state index < -0.39 is 45.7 Å². The van der Waals surface area contributed by atoms with Crippen molar-refractivity contribution in [2.45, 2.75) is 29.1 Å². The Morgan fingerprint density at radius 2 is 1.57 bits per heavy atom. The molecule has 1 heterocycles. The summed E-state index contributed by atoms with van der Waals surface area (Å²) in [6.07, 6.45) is -6.49. The van der Waals surface area contributed by atoms with Gasteiger partial charge >= 0.3 is 17.4 Å². The monoisotopic (exact) mass is 453 g/mol. The summed E-state index contributed by atoms with van der Waals surface area (Å²) in [6, 6.07) is 10.9. The molecule has 0 atom stereocenters. The molecule has 0 spiro atoms. The summed E-state index contributed by atoms with van der Waals surface area (Å²) in [5.74, 6) is -6.33. The molecule has 13 heteroatoms. The highest BCUT2D eigenvalue weighted by molar-refractivity contribution is 8.00. The fraction of sp³-hybridized carbons (Fsp3) is 0.235. The first-order chi connectivity index (χ1) is 13.8. The molecule has 30 heavy (non-hydrogen) atoms. The van der Waals surface area contributed by atoms with E-state index in [0.717, 1.165) is 10.6 Å². The number of imidazole rings is 1. The Kier molecular flexibility index (Phi) is 5.43. The van der Waals surface area contributed by atoms with Gasteiger partial charge in [0, 0.05) is 11.6 Å². The van der Waals surface area contributed by atoms with E-state index in [1.807, 2.05) is 0 Å². The molecule has 0 saturated heterocycles. The lowest BCUT2D eigenvalue weighted by atomic mass is 10.2. The highest BCUT2D eigenvalue weighted by Gasteiger charge is 2.74. The first-order valence-electron chi connectivity index (χ1n) is 8.04. The summed E-state index contributed by atoms with van der Waals surface area (Å²) in [4.78, 5) is 14.2. The molecule has 0 aliphatic rings. The highest BCUT2D eigenvalue weighted by Crippen LogP contribution is 2.53. The SMILES string of the molecule is O=[N+]([O-])c1ccccc1Cn1c(SC(F)(F)C(F)(F)C(F)(F)F)nc2ccccc21. The van der Waals surface area contributed by atoms with Crippen LogP contribution in [0.5, 0.6) is 0 Å². The van der Waals surface area contributed by atoms with Gasteiger partial charge in [-0.05, 0) is 23.9 Å². The minimum atomic E-state index is -6.49. The van der Waals surface area contributed by atoms with E-state index in [0.29, 0.717) is 0 Å². The van der Waals surface area contributed by atoms with Gasteiger partial charge in [-0.15, -0.1) is 0 Å². The Morgan fingerprint density at radius 1 is 0.967 bits per heavy atom. The molecule has 3 rings (SSSR count). The van der Waals surface area contributed by atoms with Gasteiger partial charge < -0.3 is 4.57 Å². The van der Waals surface area contributed by atoms with E-state index in [9.17, 15) is 40.8 Å². The lowest BCUT2D eigenvalue weighted by Gasteiger charge is -2.27. The number of para-hydroxylation sites is 3. The van der Waals surface area contributed by atoms with Gasteiger partial charge in [-0.3, -0.25) is 10.1 Å². The van der Waals surface area contributed by atoms with Crippen LogP contribution in [0, 0.1) is 10.1 Å². The van der Waals surface area contributed by atoms with Crippen molar-refractivity contribution in [1.29, 1.82) is 0 Å². The summed E-state index contributed by atoms with van der Waals surface area (Å²) >= 11 is -1.06. The van der Waals surface area contributed by atoms with E-state index in [1.54, 1.807) is 0 Å². The number of hydrogen-bond donors (Lipinski definition) is 0. The number of fused-ring (bicyclic) bond motifs is 1. The second kappa shape index (κ2) is 7.45. The van der Waals surface area contributed by atoms with Crippen molar-refractivity contribution in [2.75, 3.05) is 0 Å². The zero-order valence-corrected chi connectivity index (χ0v) is 15.4. The Bertz CT molecular complexity index is 1100. The number of hydrogen-bond acceptors (Lipinski definition) is 4. The van der Waals surface area contributed by atoms with Gasteiger partial charge in [0.2, 0.25) is 0 Å². The lowest BCUT2D eigenvalue weighted by Crippen LogP contribution is -2.50. The van der Waals surface area contributed by atoms with E-state index in [-0.39, 0.29) is 22.3 Å². The van der Waals surface area contributed by atoms with Crippen molar-refractivity contribution in [3.05, 3.63) is 64.2 Å². The number of nitrogens with zero attached hydrogens (tertiary/aromatic N) is 3. The molecule has 0 bridgehead atoms. The van der Waals surface area contributed by atoms with Gasteiger partial charge in [-0.1, -0.05) is 30.3 Å². The van der Waals surface area contributed by atoms with Gasteiger partial charge in [0.25, 0.3) is 5.69 Å². The maximum Gasteiger partial charge on any atom is 0.460 e. The number of benzene rings is 2. The third-order valence-corrected chi connectivity index (χ3v) is 5.08. The molecular weight excluding hydrogens is 443 g/mol. The molecule has 5 nitrogen and oxygen atoms in total. The summed E-state index contributed by atoms with van der Waals surface area (Å²) in [5.41, 5.74) is -0.175. The topological polar surface area (TPSA) is 61.0 Å². The average Bonchev–Trinajstić information content (AvgIpc) is 2.97. The number of nitro benzene ring substituents is 1. The van der Waals surface area contributed by atoms with Crippen LogP contribution in [-0.4, -0.2) is 31.8 Å². The van der Waals surface area contributed by atoms with E-state index in [1.165, 1.54) is 42.5 Å². The molecule has 0 aliphatic carbocycles. The van der Waals surface area contributed by atoms with Crippen molar-refractivity contribution >= 4 is 28.5 Å². The molecule has 3 aromatic rings. The molecular formula is C17H10F7N3O2S. The Labute approximate surface area is 167 Å². The summed E-state index contributed by atoms with van der Waals surface area (Å²) in [5, 5.41) is 4.78.